The molecule has 0 aliphatic rings. The number of hydrogen-bond donors (Lipinski definition) is 0. The van der Waals surface area contributed by atoms with Crippen molar-refractivity contribution in [1.29, 1.82) is 0 Å². The quantitative estimate of drug-likeness (QED) is 0.737. The van der Waals surface area contributed by atoms with E-state index in [2.05, 4.69) is 4.98 Å². The average molecular weight is 279 g/mol. The molecule has 0 aliphatic carbocycles. The third kappa shape index (κ3) is 2.84. The highest BCUT2D eigenvalue weighted by molar-refractivity contribution is 5.62. The number of benzene rings is 2. The molecule has 1 aromatic heterocycles. The minimum absolute atomic E-state index is 0.314. The van der Waals surface area contributed by atoms with E-state index in [-0.39, 0.29) is 0 Å². The molecular weight excluding hydrogens is 266 g/mol. The molecule has 2 aromatic carbocycles. The average Bonchev–Trinajstić information content (AvgIpc) is 2.55. The molecule has 3 rings (SSSR count). The highest BCUT2D eigenvalue weighted by Gasteiger charge is 2.08. The van der Waals surface area contributed by atoms with E-state index in [1.165, 1.54) is 6.07 Å². The highest BCUT2D eigenvalue weighted by atomic mass is 16.5. The third-order valence-corrected chi connectivity index (χ3v) is 3.08. The Balaban J connectivity index is 2.07. The molecule has 0 radical (unpaired) electrons. The molecule has 0 amide bonds. The van der Waals surface area contributed by atoms with E-state index in [0.29, 0.717) is 11.6 Å². The van der Waals surface area contributed by atoms with Crippen molar-refractivity contribution in [2.45, 2.75) is 0 Å². The molecule has 0 aliphatic heterocycles. The topological polar surface area (TPSA) is 52.3 Å². The van der Waals surface area contributed by atoms with Crippen LogP contribution in [0.4, 0.5) is 0 Å². The van der Waals surface area contributed by atoms with E-state index in [0.717, 1.165) is 16.9 Å². The fourth-order valence-electron chi connectivity index (χ4n) is 2.01. The van der Waals surface area contributed by atoms with Crippen LogP contribution in [0.1, 0.15) is 0 Å². The smallest absolute Gasteiger partial charge is 0.339 e. The van der Waals surface area contributed by atoms with Gasteiger partial charge >= 0.3 is 5.63 Å². The highest BCUT2D eigenvalue weighted by Crippen LogP contribution is 2.22. The largest absolute Gasteiger partial charge is 0.497 e. The Morgan fingerprint density at radius 2 is 1.67 bits per heavy atom. The summed E-state index contributed by atoms with van der Waals surface area (Å²) in [6.07, 6.45) is 0. The summed E-state index contributed by atoms with van der Waals surface area (Å²) in [5.74, 6) is 1.07. The Labute approximate surface area is 121 Å². The van der Waals surface area contributed by atoms with E-state index in [4.69, 9.17) is 9.15 Å². The van der Waals surface area contributed by atoms with Crippen molar-refractivity contribution in [2.75, 3.05) is 7.11 Å². The van der Waals surface area contributed by atoms with E-state index in [9.17, 15) is 4.79 Å². The maximum Gasteiger partial charge on any atom is 0.339 e. The normalized spacial score (nSPS) is 10.3. The molecule has 0 N–H and O–H groups in total. The minimum Gasteiger partial charge on any atom is -0.497 e. The first-order valence-corrected chi connectivity index (χ1v) is 6.48. The first kappa shape index (κ1) is 13.1. The molecule has 0 fully saturated rings. The molecule has 0 atom stereocenters. The van der Waals surface area contributed by atoms with E-state index in [1.54, 1.807) is 7.11 Å². The van der Waals surface area contributed by atoms with Crippen molar-refractivity contribution in [3.8, 4) is 28.5 Å². The lowest BCUT2D eigenvalue weighted by Crippen LogP contribution is -2.01. The zero-order valence-electron chi connectivity index (χ0n) is 11.4. The van der Waals surface area contributed by atoms with Crippen molar-refractivity contribution in [2.24, 2.45) is 0 Å². The van der Waals surface area contributed by atoms with E-state index < -0.39 is 5.63 Å². The molecule has 0 bridgehead atoms. The van der Waals surface area contributed by atoms with E-state index in [1.807, 2.05) is 54.6 Å². The summed E-state index contributed by atoms with van der Waals surface area (Å²) in [7, 11) is 1.61. The summed E-state index contributed by atoms with van der Waals surface area (Å²) >= 11 is 0. The molecule has 4 heteroatoms. The number of ether oxygens (including phenoxy) is 1. The maximum absolute atomic E-state index is 11.7. The van der Waals surface area contributed by atoms with Crippen molar-refractivity contribution in [3.05, 3.63) is 71.1 Å². The summed E-state index contributed by atoms with van der Waals surface area (Å²) in [6.45, 7) is 0. The Hall–Kier alpha value is -2.88. The second kappa shape index (κ2) is 5.63. The summed E-state index contributed by atoms with van der Waals surface area (Å²) < 4.78 is 10.3. The Morgan fingerprint density at radius 3 is 2.33 bits per heavy atom. The number of nitrogens with zero attached hydrogens (tertiary/aromatic N) is 1. The van der Waals surface area contributed by atoms with Gasteiger partial charge in [0.05, 0.1) is 18.9 Å². The predicted octanol–water partition coefficient (Wildman–Crippen LogP) is 3.38. The summed E-state index contributed by atoms with van der Waals surface area (Å²) in [4.78, 5) is 16.2. The zero-order valence-corrected chi connectivity index (χ0v) is 11.4. The number of methoxy groups -OCH3 is 1. The van der Waals surface area contributed by atoms with Gasteiger partial charge in [0.15, 0.2) is 0 Å². The van der Waals surface area contributed by atoms with Crippen molar-refractivity contribution in [1.82, 2.24) is 4.98 Å². The SMILES string of the molecule is COc1ccc(-c2cc(=O)oc(-c3ccccc3)n2)cc1. The number of hydrogen-bond acceptors (Lipinski definition) is 4. The second-order valence-corrected chi connectivity index (χ2v) is 4.46. The van der Waals surface area contributed by atoms with Crippen LogP contribution in [-0.4, -0.2) is 12.1 Å². The third-order valence-electron chi connectivity index (χ3n) is 3.08. The zero-order chi connectivity index (χ0) is 14.7. The lowest BCUT2D eigenvalue weighted by atomic mass is 10.1. The molecule has 4 nitrogen and oxygen atoms in total. The first-order chi connectivity index (χ1) is 10.3. The van der Waals surface area contributed by atoms with Gasteiger partial charge in [-0.1, -0.05) is 18.2 Å². The van der Waals surface area contributed by atoms with Gasteiger partial charge in [-0.05, 0) is 36.4 Å². The standard InChI is InChI=1S/C17H13NO3/c1-20-14-9-7-12(8-10-14)15-11-16(19)21-17(18-15)13-5-3-2-4-6-13/h2-11H,1H3. The van der Waals surface area contributed by atoms with Gasteiger partial charge in [0.2, 0.25) is 5.89 Å². The Kier molecular flexibility index (Phi) is 3.51. The molecule has 3 aromatic rings. The molecule has 104 valence electrons. The van der Waals surface area contributed by atoms with Gasteiger partial charge in [-0.15, -0.1) is 0 Å². The van der Waals surface area contributed by atoms with E-state index >= 15 is 0 Å². The summed E-state index contributed by atoms with van der Waals surface area (Å²) in [5.41, 5.74) is 1.76. The van der Waals surface area contributed by atoms with Crippen molar-refractivity contribution in [3.63, 3.8) is 0 Å². The van der Waals surface area contributed by atoms with Crippen LogP contribution in [0.25, 0.3) is 22.7 Å². The van der Waals surface area contributed by atoms with Crippen LogP contribution in [0, 0.1) is 0 Å². The molecule has 21 heavy (non-hydrogen) atoms. The van der Waals surface area contributed by atoms with Crippen LogP contribution in [0.5, 0.6) is 5.75 Å². The van der Waals surface area contributed by atoms with Gasteiger partial charge in [-0.2, -0.15) is 0 Å². The monoisotopic (exact) mass is 279 g/mol. The molecular formula is C17H13NO3. The van der Waals surface area contributed by atoms with Crippen molar-refractivity contribution >= 4 is 0 Å². The van der Waals surface area contributed by atoms with Crippen LogP contribution in [-0.2, 0) is 0 Å². The first-order valence-electron chi connectivity index (χ1n) is 6.48. The number of rotatable bonds is 3. The van der Waals surface area contributed by atoms with Crippen LogP contribution in [0.2, 0.25) is 0 Å². The van der Waals surface area contributed by atoms with Crippen LogP contribution < -0.4 is 10.4 Å². The lowest BCUT2D eigenvalue weighted by molar-refractivity contribution is 0.415. The minimum atomic E-state index is -0.422. The Bertz CT molecular complexity index is 792. The molecule has 0 saturated heterocycles. The molecule has 1 heterocycles. The van der Waals surface area contributed by atoms with Crippen LogP contribution >= 0.6 is 0 Å². The molecule has 0 unspecified atom stereocenters. The van der Waals surface area contributed by atoms with Crippen LogP contribution in [0.15, 0.2) is 69.9 Å². The van der Waals surface area contributed by atoms with Crippen molar-refractivity contribution < 1.29 is 9.15 Å². The number of aromatic nitrogens is 1. The summed E-state index contributed by atoms with van der Waals surface area (Å²) in [6, 6.07) is 18.1. The summed E-state index contributed by atoms with van der Waals surface area (Å²) in [5, 5.41) is 0. The van der Waals surface area contributed by atoms with Gasteiger partial charge in [-0.3, -0.25) is 0 Å². The maximum atomic E-state index is 11.7. The van der Waals surface area contributed by atoms with Gasteiger partial charge in [0.25, 0.3) is 0 Å². The fourth-order valence-corrected chi connectivity index (χ4v) is 2.01. The molecule has 0 saturated carbocycles. The second-order valence-electron chi connectivity index (χ2n) is 4.46. The predicted molar refractivity (Wildman–Crippen MR) is 80.2 cm³/mol. The lowest BCUT2D eigenvalue weighted by Gasteiger charge is -2.04. The Morgan fingerprint density at radius 1 is 0.952 bits per heavy atom. The van der Waals surface area contributed by atoms with Crippen LogP contribution in [0.3, 0.4) is 0 Å². The van der Waals surface area contributed by atoms with Gasteiger partial charge in [-0.25, -0.2) is 9.78 Å². The van der Waals surface area contributed by atoms with Gasteiger partial charge in [0.1, 0.15) is 5.75 Å². The molecule has 0 spiro atoms. The van der Waals surface area contributed by atoms with Gasteiger partial charge in [0, 0.05) is 11.1 Å². The van der Waals surface area contributed by atoms with Gasteiger partial charge < -0.3 is 9.15 Å². The fraction of sp³-hybridized carbons (Fsp3) is 0.0588.